The largest absolute Gasteiger partial charge is 0.290 e. The lowest BCUT2D eigenvalue weighted by Crippen LogP contribution is -1.90. The first-order valence-corrected chi connectivity index (χ1v) is 6.48. The zero-order chi connectivity index (χ0) is 12.0. The van der Waals surface area contributed by atoms with Crippen LogP contribution in [0.4, 0.5) is 0 Å². The molecule has 2 heterocycles. The Balaban J connectivity index is 2.33. The Hall–Kier alpha value is -1.61. The first-order chi connectivity index (χ1) is 8.16. The number of hydrogen-bond donors (Lipinski definition) is 0. The Morgan fingerprint density at radius 1 is 1.18 bits per heavy atom. The molecule has 3 aromatic rings. The quantitative estimate of drug-likeness (QED) is 0.630. The molecular formula is C14H14N2S. The monoisotopic (exact) mass is 242 g/mol. The molecule has 1 aromatic carbocycles. The third-order valence-corrected chi connectivity index (χ3v) is 4.05. The summed E-state index contributed by atoms with van der Waals surface area (Å²) in [4.78, 5) is 6.74. The number of hydrogen-bond acceptors (Lipinski definition) is 2. The average Bonchev–Trinajstić information content (AvgIpc) is 2.79. The van der Waals surface area contributed by atoms with Crippen LogP contribution in [0, 0.1) is 20.8 Å². The zero-order valence-corrected chi connectivity index (χ0v) is 11.0. The molecule has 0 saturated heterocycles. The molecular weight excluding hydrogens is 228 g/mol. The van der Waals surface area contributed by atoms with Gasteiger partial charge in [0, 0.05) is 22.8 Å². The van der Waals surface area contributed by atoms with Gasteiger partial charge in [0.1, 0.15) is 0 Å². The molecule has 3 heteroatoms. The highest BCUT2D eigenvalue weighted by atomic mass is 32.1. The number of aromatic nitrogens is 2. The van der Waals surface area contributed by atoms with Crippen LogP contribution >= 0.6 is 11.3 Å². The highest BCUT2D eigenvalue weighted by Gasteiger charge is 2.13. The molecule has 0 bridgehead atoms. The van der Waals surface area contributed by atoms with Crippen molar-refractivity contribution in [2.75, 3.05) is 0 Å². The molecule has 0 unspecified atom stereocenters. The van der Waals surface area contributed by atoms with E-state index in [-0.39, 0.29) is 0 Å². The van der Waals surface area contributed by atoms with E-state index in [1.165, 1.54) is 27.3 Å². The van der Waals surface area contributed by atoms with Gasteiger partial charge in [-0.3, -0.25) is 4.40 Å². The Bertz CT molecular complexity index is 691. The van der Waals surface area contributed by atoms with E-state index in [0.717, 1.165) is 4.96 Å². The fraction of sp³-hybridized carbons (Fsp3) is 0.214. The second-order valence-electron chi connectivity index (χ2n) is 4.41. The van der Waals surface area contributed by atoms with Gasteiger partial charge < -0.3 is 0 Å². The van der Waals surface area contributed by atoms with Crippen molar-refractivity contribution in [1.29, 1.82) is 0 Å². The first kappa shape index (κ1) is 10.5. The second kappa shape index (κ2) is 3.70. The van der Waals surface area contributed by atoms with E-state index in [2.05, 4.69) is 48.4 Å². The predicted octanol–water partition coefficient (Wildman–Crippen LogP) is 3.99. The van der Waals surface area contributed by atoms with Crippen molar-refractivity contribution in [1.82, 2.24) is 9.38 Å². The van der Waals surface area contributed by atoms with Gasteiger partial charge in [-0.15, -0.1) is 11.3 Å². The molecule has 0 aliphatic rings. The predicted molar refractivity (Wildman–Crippen MR) is 72.7 cm³/mol. The molecule has 0 atom stereocenters. The Kier molecular flexibility index (Phi) is 2.30. The third kappa shape index (κ3) is 1.58. The van der Waals surface area contributed by atoms with Gasteiger partial charge in [0.15, 0.2) is 4.96 Å². The van der Waals surface area contributed by atoms with Crippen molar-refractivity contribution < 1.29 is 0 Å². The maximum Gasteiger partial charge on any atom is 0.194 e. The fourth-order valence-corrected chi connectivity index (χ4v) is 3.23. The average molecular weight is 242 g/mol. The standard InChI is InChI=1S/C14H14N2S/c1-9-4-5-12(10(2)8-9)13-11(3)17-14-15-6-7-16(13)14/h4-8H,1-3H3. The molecule has 0 aliphatic carbocycles. The van der Waals surface area contributed by atoms with E-state index in [1.807, 2.05) is 12.4 Å². The van der Waals surface area contributed by atoms with Crippen LogP contribution in [-0.2, 0) is 0 Å². The number of aryl methyl sites for hydroxylation is 3. The summed E-state index contributed by atoms with van der Waals surface area (Å²) in [5.41, 5.74) is 5.21. The third-order valence-electron chi connectivity index (χ3n) is 3.06. The second-order valence-corrected chi connectivity index (χ2v) is 5.59. The maximum atomic E-state index is 4.35. The number of rotatable bonds is 1. The summed E-state index contributed by atoms with van der Waals surface area (Å²) >= 11 is 1.75. The smallest absolute Gasteiger partial charge is 0.194 e. The minimum absolute atomic E-state index is 1.07. The van der Waals surface area contributed by atoms with Gasteiger partial charge in [-0.25, -0.2) is 4.98 Å². The van der Waals surface area contributed by atoms with E-state index in [4.69, 9.17) is 0 Å². The van der Waals surface area contributed by atoms with Crippen LogP contribution < -0.4 is 0 Å². The zero-order valence-electron chi connectivity index (χ0n) is 10.2. The highest BCUT2D eigenvalue weighted by Crippen LogP contribution is 2.32. The van der Waals surface area contributed by atoms with E-state index in [9.17, 15) is 0 Å². The Morgan fingerprint density at radius 2 is 2.00 bits per heavy atom. The maximum absolute atomic E-state index is 4.35. The number of nitrogens with zero attached hydrogens (tertiary/aromatic N) is 2. The van der Waals surface area contributed by atoms with Gasteiger partial charge in [0.25, 0.3) is 0 Å². The summed E-state index contributed by atoms with van der Waals surface area (Å²) in [5, 5.41) is 0. The highest BCUT2D eigenvalue weighted by molar-refractivity contribution is 7.17. The molecule has 3 rings (SSSR count). The van der Waals surface area contributed by atoms with Gasteiger partial charge >= 0.3 is 0 Å². The van der Waals surface area contributed by atoms with Crippen molar-refractivity contribution >= 4 is 16.3 Å². The fourth-order valence-electron chi connectivity index (χ4n) is 2.29. The van der Waals surface area contributed by atoms with E-state index < -0.39 is 0 Å². The van der Waals surface area contributed by atoms with Gasteiger partial charge in [0.05, 0.1) is 5.69 Å². The van der Waals surface area contributed by atoms with Crippen LogP contribution in [0.5, 0.6) is 0 Å². The van der Waals surface area contributed by atoms with E-state index in [0.29, 0.717) is 0 Å². The van der Waals surface area contributed by atoms with Gasteiger partial charge in [0.2, 0.25) is 0 Å². The molecule has 0 amide bonds. The van der Waals surface area contributed by atoms with Crippen LogP contribution in [0.1, 0.15) is 16.0 Å². The molecule has 0 fully saturated rings. The number of fused-ring (bicyclic) bond motifs is 1. The number of benzene rings is 1. The van der Waals surface area contributed by atoms with Gasteiger partial charge in [-0.2, -0.15) is 0 Å². The molecule has 2 aromatic heterocycles. The van der Waals surface area contributed by atoms with E-state index in [1.54, 1.807) is 11.3 Å². The summed E-state index contributed by atoms with van der Waals surface area (Å²) in [6, 6.07) is 6.61. The molecule has 2 nitrogen and oxygen atoms in total. The lowest BCUT2D eigenvalue weighted by Gasteiger charge is -2.07. The van der Waals surface area contributed by atoms with Crippen molar-refractivity contribution in [3.63, 3.8) is 0 Å². The van der Waals surface area contributed by atoms with Crippen molar-refractivity contribution in [3.05, 3.63) is 46.6 Å². The molecule has 0 radical (unpaired) electrons. The SMILES string of the molecule is Cc1ccc(-c2c(C)sc3nccn23)c(C)c1. The van der Waals surface area contributed by atoms with Crippen LogP contribution in [0.3, 0.4) is 0 Å². The van der Waals surface area contributed by atoms with Crippen LogP contribution in [-0.4, -0.2) is 9.38 Å². The summed E-state index contributed by atoms with van der Waals surface area (Å²) in [7, 11) is 0. The number of thiazole rings is 1. The summed E-state index contributed by atoms with van der Waals surface area (Å²) in [6.45, 7) is 6.46. The minimum atomic E-state index is 1.07. The van der Waals surface area contributed by atoms with Crippen molar-refractivity contribution in [2.24, 2.45) is 0 Å². The molecule has 0 spiro atoms. The molecule has 0 N–H and O–H groups in total. The first-order valence-electron chi connectivity index (χ1n) is 5.67. The normalized spacial score (nSPS) is 11.2. The summed E-state index contributed by atoms with van der Waals surface area (Å²) in [6.07, 6.45) is 3.89. The topological polar surface area (TPSA) is 17.3 Å². The minimum Gasteiger partial charge on any atom is -0.290 e. The van der Waals surface area contributed by atoms with Gasteiger partial charge in [-0.1, -0.05) is 23.8 Å². The lowest BCUT2D eigenvalue weighted by molar-refractivity contribution is 1.21. The Morgan fingerprint density at radius 3 is 2.76 bits per heavy atom. The lowest BCUT2D eigenvalue weighted by atomic mass is 10.0. The van der Waals surface area contributed by atoms with Gasteiger partial charge in [-0.05, 0) is 26.3 Å². The molecule has 0 aliphatic heterocycles. The van der Waals surface area contributed by atoms with Crippen molar-refractivity contribution in [2.45, 2.75) is 20.8 Å². The number of imidazole rings is 1. The van der Waals surface area contributed by atoms with Crippen LogP contribution in [0.15, 0.2) is 30.6 Å². The Labute approximate surface area is 105 Å². The van der Waals surface area contributed by atoms with Crippen LogP contribution in [0.25, 0.3) is 16.2 Å². The molecule has 86 valence electrons. The van der Waals surface area contributed by atoms with E-state index >= 15 is 0 Å². The molecule has 17 heavy (non-hydrogen) atoms. The molecule has 0 saturated carbocycles. The van der Waals surface area contributed by atoms with Crippen LogP contribution in [0.2, 0.25) is 0 Å². The van der Waals surface area contributed by atoms with Crippen molar-refractivity contribution in [3.8, 4) is 11.3 Å². The summed E-state index contributed by atoms with van der Waals surface area (Å²) < 4.78 is 2.18. The summed E-state index contributed by atoms with van der Waals surface area (Å²) in [5.74, 6) is 0.